The number of carbonyl (C=O) groups is 1. The topological polar surface area (TPSA) is 58.6 Å². The van der Waals surface area contributed by atoms with Crippen molar-refractivity contribution in [2.24, 2.45) is 0 Å². The van der Waals surface area contributed by atoms with Crippen LogP contribution in [0.25, 0.3) is 0 Å². The fourth-order valence-electron chi connectivity index (χ4n) is 0.540. The summed E-state index contributed by atoms with van der Waals surface area (Å²) in [6.07, 6.45) is 0.752. The van der Waals surface area contributed by atoms with Gasteiger partial charge in [0, 0.05) is 13.0 Å². The third kappa shape index (κ3) is 6.70. The number of aliphatic carboxylic acids is 1. The van der Waals surface area contributed by atoms with Crippen LogP contribution in [0.4, 0.5) is 0 Å². The molecule has 0 spiro atoms. The van der Waals surface area contributed by atoms with Gasteiger partial charge >= 0.3 is 5.97 Å². The van der Waals surface area contributed by atoms with Crippen molar-refractivity contribution in [2.45, 2.75) is 12.8 Å². The Morgan fingerprint density at radius 3 is 2.82 bits per heavy atom. The first-order valence-electron chi connectivity index (χ1n) is 3.35. The lowest BCUT2D eigenvalue weighted by molar-refractivity contribution is -0.137. The molecule has 0 unspecified atom stereocenters. The summed E-state index contributed by atoms with van der Waals surface area (Å²) in [4.78, 5) is 10.0. The number of carboxylic acids is 1. The number of rotatable bonds is 6. The molecule has 2 N–H and O–H groups in total. The molecule has 0 atom stereocenters. The molecule has 0 saturated carbocycles. The van der Waals surface area contributed by atoms with E-state index in [1.807, 2.05) is 0 Å². The maximum Gasteiger partial charge on any atom is 0.303 e. The highest BCUT2D eigenvalue weighted by Gasteiger charge is 1.95. The van der Waals surface area contributed by atoms with E-state index < -0.39 is 5.97 Å². The predicted octanol–water partition coefficient (Wildman–Crippen LogP) is 0.558. The largest absolute Gasteiger partial charge is 0.483 e. The Labute approximate surface area is 65.9 Å². The number of nitrogens with one attached hydrogen (secondary N) is 1. The Bertz CT molecular complexity index is 145. The summed E-state index contributed by atoms with van der Waals surface area (Å²) < 4.78 is 4.70. The third-order valence-electron chi connectivity index (χ3n) is 1.14. The normalized spacial score (nSPS) is 8.82. The SMILES string of the molecule is C=C(NCCCC(=O)O)OC. The van der Waals surface area contributed by atoms with Crippen molar-refractivity contribution >= 4 is 5.97 Å². The van der Waals surface area contributed by atoms with Gasteiger partial charge in [0.2, 0.25) is 0 Å². The van der Waals surface area contributed by atoms with Gasteiger partial charge in [-0.2, -0.15) is 0 Å². The Morgan fingerprint density at radius 2 is 2.36 bits per heavy atom. The summed E-state index contributed by atoms with van der Waals surface area (Å²) in [5, 5.41) is 11.1. The summed E-state index contributed by atoms with van der Waals surface area (Å²) >= 11 is 0. The molecular formula is C7H13NO3. The van der Waals surface area contributed by atoms with Gasteiger partial charge in [-0.15, -0.1) is 0 Å². The van der Waals surface area contributed by atoms with E-state index in [0.717, 1.165) is 0 Å². The summed E-state index contributed by atoms with van der Waals surface area (Å²) in [5.74, 6) is -0.315. The fourth-order valence-corrected chi connectivity index (χ4v) is 0.540. The highest BCUT2D eigenvalue weighted by molar-refractivity contribution is 5.66. The minimum Gasteiger partial charge on any atom is -0.483 e. The van der Waals surface area contributed by atoms with E-state index in [4.69, 9.17) is 9.84 Å². The molecule has 0 saturated heterocycles. The molecular weight excluding hydrogens is 146 g/mol. The Balaban J connectivity index is 3.14. The van der Waals surface area contributed by atoms with Gasteiger partial charge in [0.15, 0.2) is 5.88 Å². The van der Waals surface area contributed by atoms with Gasteiger partial charge in [-0.05, 0) is 13.0 Å². The molecule has 0 heterocycles. The fraction of sp³-hybridized carbons (Fsp3) is 0.571. The molecule has 0 radical (unpaired) electrons. The monoisotopic (exact) mass is 159 g/mol. The number of carboxylic acid groups (broad SMARTS) is 1. The second-order valence-electron chi connectivity index (χ2n) is 2.05. The molecule has 0 aromatic heterocycles. The first-order chi connectivity index (χ1) is 5.16. The summed E-state index contributed by atoms with van der Waals surface area (Å²) in [7, 11) is 1.51. The molecule has 0 fully saturated rings. The van der Waals surface area contributed by atoms with Crippen LogP contribution in [0, 0.1) is 0 Å². The highest BCUT2D eigenvalue weighted by Crippen LogP contribution is 1.88. The van der Waals surface area contributed by atoms with Gasteiger partial charge in [0.05, 0.1) is 7.11 Å². The van der Waals surface area contributed by atoms with Gasteiger partial charge in [0.1, 0.15) is 0 Å². The van der Waals surface area contributed by atoms with Crippen LogP contribution >= 0.6 is 0 Å². The zero-order chi connectivity index (χ0) is 8.69. The molecule has 0 rings (SSSR count). The van der Waals surface area contributed by atoms with Crippen LogP contribution in [0.1, 0.15) is 12.8 Å². The van der Waals surface area contributed by atoms with Crippen LogP contribution in [0.3, 0.4) is 0 Å². The predicted molar refractivity (Wildman–Crippen MR) is 41.0 cm³/mol. The van der Waals surface area contributed by atoms with Gasteiger partial charge in [-0.25, -0.2) is 0 Å². The molecule has 0 aliphatic carbocycles. The second kappa shape index (κ2) is 5.58. The van der Waals surface area contributed by atoms with Crippen molar-refractivity contribution in [2.75, 3.05) is 13.7 Å². The van der Waals surface area contributed by atoms with Crippen molar-refractivity contribution < 1.29 is 14.6 Å². The van der Waals surface area contributed by atoms with Gasteiger partial charge in [-0.1, -0.05) is 0 Å². The van der Waals surface area contributed by atoms with Crippen LogP contribution in [-0.2, 0) is 9.53 Å². The van der Waals surface area contributed by atoms with Crippen LogP contribution in [0.15, 0.2) is 12.5 Å². The highest BCUT2D eigenvalue weighted by atomic mass is 16.5. The molecule has 4 heteroatoms. The second-order valence-corrected chi connectivity index (χ2v) is 2.05. The lowest BCUT2D eigenvalue weighted by atomic mass is 10.3. The smallest absolute Gasteiger partial charge is 0.303 e. The summed E-state index contributed by atoms with van der Waals surface area (Å²) in [6, 6.07) is 0. The molecule has 0 aromatic rings. The average Bonchev–Trinajstić information content (AvgIpc) is 1.97. The van der Waals surface area contributed by atoms with E-state index >= 15 is 0 Å². The maximum absolute atomic E-state index is 10.0. The summed E-state index contributed by atoms with van der Waals surface area (Å²) in [6.45, 7) is 4.09. The van der Waals surface area contributed by atoms with Crippen LogP contribution in [0.5, 0.6) is 0 Å². The van der Waals surface area contributed by atoms with Crippen molar-refractivity contribution in [3.63, 3.8) is 0 Å². The van der Waals surface area contributed by atoms with E-state index in [2.05, 4.69) is 11.9 Å². The molecule has 0 bridgehead atoms. The number of hydrogen-bond acceptors (Lipinski definition) is 3. The van der Waals surface area contributed by atoms with Crippen LogP contribution in [-0.4, -0.2) is 24.7 Å². The average molecular weight is 159 g/mol. The minimum absolute atomic E-state index is 0.171. The Hall–Kier alpha value is -1.19. The first-order valence-corrected chi connectivity index (χ1v) is 3.35. The zero-order valence-electron chi connectivity index (χ0n) is 6.59. The molecule has 0 aliphatic rings. The third-order valence-corrected chi connectivity index (χ3v) is 1.14. The summed E-state index contributed by atoms with van der Waals surface area (Å²) in [5.41, 5.74) is 0. The van der Waals surface area contributed by atoms with E-state index in [9.17, 15) is 4.79 Å². The van der Waals surface area contributed by atoms with Gasteiger partial charge in [0.25, 0.3) is 0 Å². The van der Waals surface area contributed by atoms with E-state index in [1.54, 1.807) is 0 Å². The van der Waals surface area contributed by atoms with E-state index in [-0.39, 0.29) is 6.42 Å². The Kier molecular flexibility index (Phi) is 4.98. The quantitative estimate of drug-likeness (QED) is 0.439. The molecule has 0 amide bonds. The molecule has 0 aromatic carbocycles. The molecule has 4 nitrogen and oxygen atoms in total. The zero-order valence-corrected chi connectivity index (χ0v) is 6.59. The molecule has 11 heavy (non-hydrogen) atoms. The lowest BCUT2D eigenvalue weighted by Crippen LogP contribution is -2.15. The molecule has 64 valence electrons. The van der Waals surface area contributed by atoms with Crippen LogP contribution in [0.2, 0.25) is 0 Å². The van der Waals surface area contributed by atoms with Gasteiger partial charge < -0.3 is 15.2 Å². The van der Waals surface area contributed by atoms with Crippen molar-refractivity contribution in [1.82, 2.24) is 5.32 Å². The molecule has 0 aliphatic heterocycles. The minimum atomic E-state index is -0.783. The number of methoxy groups -OCH3 is 1. The van der Waals surface area contributed by atoms with Crippen LogP contribution < -0.4 is 5.32 Å². The Morgan fingerprint density at radius 1 is 1.73 bits per heavy atom. The number of hydrogen-bond donors (Lipinski definition) is 2. The lowest BCUT2D eigenvalue weighted by Gasteiger charge is -2.05. The van der Waals surface area contributed by atoms with E-state index in [0.29, 0.717) is 18.8 Å². The maximum atomic E-state index is 10.0. The standard InChI is InChI=1S/C7H13NO3/c1-6(11-2)8-5-3-4-7(9)10/h8H,1,3-5H2,2H3,(H,9,10). The van der Waals surface area contributed by atoms with Crippen molar-refractivity contribution in [3.05, 3.63) is 12.5 Å². The van der Waals surface area contributed by atoms with Gasteiger partial charge in [-0.3, -0.25) is 4.79 Å². The first kappa shape index (κ1) is 9.81. The van der Waals surface area contributed by atoms with Crippen molar-refractivity contribution in [1.29, 1.82) is 0 Å². The van der Waals surface area contributed by atoms with Crippen molar-refractivity contribution in [3.8, 4) is 0 Å². The van der Waals surface area contributed by atoms with E-state index in [1.165, 1.54) is 7.11 Å². The number of ether oxygens (including phenoxy) is 1.